The van der Waals surface area contributed by atoms with E-state index in [1.807, 2.05) is 40.7 Å². The molecule has 0 unspecified atom stereocenters. The molecule has 2 aromatic heterocycles. The number of aliphatic hydroxyl groups excluding tert-OH is 1. The number of aromatic nitrogens is 4. The first-order valence-corrected chi connectivity index (χ1v) is 16.1. The van der Waals surface area contributed by atoms with Crippen LogP contribution in [0.15, 0.2) is 90.3 Å². The van der Waals surface area contributed by atoms with Crippen molar-refractivity contribution >= 4 is 61.4 Å². The van der Waals surface area contributed by atoms with Gasteiger partial charge >= 0.3 is 0 Å². The van der Waals surface area contributed by atoms with E-state index in [4.69, 9.17) is 11.6 Å². The number of fused-ring (bicyclic) bond motifs is 1. The molecule has 0 bridgehead atoms. The SMILES string of the molecule is CCn1cnc2c(N(c3ccc(S(=O)(=O)Nc4cccc(Cl)c4)cc3)c3ccccc3NC3CCC(O)CC3)ncnc21. The van der Waals surface area contributed by atoms with Crippen LogP contribution in [0.2, 0.25) is 5.02 Å². The van der Waals surface area contributed by atoms with Crippen molar-refractivity contribution in [2.75, 3.05) is 14.9 Å². The van der Waals surface area contributed by atoms with Gasteiger partial charge in [0.1, 0.15) is 6.33 Å². The molecule has 222 valence electrons. The van der Waals surface area contributed by atoms with Crippen molar-refractivity contribution in [1.82, 2.24) is 19.5 Å². The maximum absolute atomic E-state index is 13.2. The van der Waals surface area contributed by atoms with Crippen molar-refractivity contribution in [3.8, 4) is 0 Å². The number of halogens is 1. The van der Waals surface area contributed by atoms with Gasteiger partial charge in [0.15, 0.2) is 17.0 Å². The molecule has 6 rings (SSSR count). The van der Waals surface area contributed by atoms with Gasteiger partial charge < -0.3 is 15.0 Å². The summed E-state index contributed by atoms with van der Waals surface area (Å²) in [6.45, 7) is 2.72. The second-order valence-corrected chi connectivity index (χ2v) is 12.6. The number of imidazole rings is 1. The number of hydrogen-bond donors (Lipinski definition) is 3. The molecule has 3 aromatic carbocycles. The van der Waals surface area contributed by atoms with Crippen molar-refractivity contribution in [2.24, 2.45) is 0 Å². The van der Waals surface area contributed by atoms with Gasteiger partial charge in [0, 0.05) is 23.3 Å². The number of sulfonamides is 1. The Labute approximate surface area is 255 Å². The molecule has 2 heterocycles. The second kappa shape index (κ2) is 12.2. The van der Waals surface area contributed by atoms with Crippen molar-refractivity contribution in [3.63, 3.8) is 0 Å². The third kappa shape index (κ3) is 6.15. The highest BCUT2D eigenvalue weighted by Gasteiger charge is 2.25. The Morgan fingerprint density at radius 3 is 2.49 bits per heavy atom. The van der Waals surface area contributed by atoms with Crippen LogP contribution in [0, 0.1) is 0 Å². The summed E-state index contributed by atoms with van der Waals surface area (Å²) in [6.07, 6.45) is 6.24. The average Bonchev–Trinajstić information content (AvgIpc) is 3.43. The van der Waals surface area contributed by atoms with E-state index in [1.54, 1.807) is 54.9 Å². The minimum atomic E-state index is -3.87. The molecular formula is C31H32ClN7O3S. The first kappa shape index (κ1) is 28.9. The third-order valence-electron chi connectivity index (χ3n) is 7.62. The van der Waals surface area contributed by atoms with Gasteiger partial charge in [0.25, 0.3) is 10.0 Å². The lowest BCUT2D eigenvalue weighted by Gasteiger charge is -2.31. The van der Waals surface area contributed by atoms with Crippen LogP contribution < -0.4 is 14.9 Å². The van der Waals surface area contributed by atoms with Gasteiger partial charge in [-0.25, -0.2) is 23.4 Å². The molecule has 43 heavy (non-hydrogen) atoms. The fourth-order valence-electron chi connectivity index (χ4n) is 5.41. The van der Waals surface area contributed by atoms with Crippen LogP contribution in [0.1, 0.15) is 32.6 Å². The lowest BCUT2D eigenvalue weighted by Crippen LogP contribution is -2.28. The maximum atomic E-state index is 13.2. The molecule has 3 N–H and O–H groups in total. The molecule has 5 aromatic rings. The minimum absolute atomic E-state index is 0.103. The van der Waals surface area contributed by atoms with Gasteiger partial charge in [-0.05, 0) is 87.2 Å². The van der Waals surface area contributed by atoms with Gasteiger partial charge in [-0.15, -0.1) is 0 Å². The molecule has 1 fully saturated rings. The lowest BCUT2D eigenvalue weighted by atomic mass is 9.93. The van der Waals surface area contributed by atoms with Crippen LogP contribution in [0.3, 0.4) is 0 Å². The number of para-hydroxylation sites is 2. The van der Waals surface area contributed by atoms with Crippen molar-refractivity contribution in [2.45, 2.75) is 56.2 Å². The molecule has 1 saturated carbocycles. The summed E-state index contributed by atoms with van der Waals surface area (Å²) in [5.74, 6) is 0.568. The van der Waals surface area contributed by atoms with E-state index < -0.39 is 10.0 Å². The molecular weight excluding hydrogens is 586 g/mol. The topological polar surface area (TPSA) is 125 Å². The molecule has 1 aliphatic rings. The van der Waals surface area contributed by atoms with Gasteiger partial charge in [-0.3, -0.25) is 9.62 Å². The lowest BCUT2D eigenvalue weighted by molar-refractivity contribution is 0.126. The van der Waals surface area contributed by atoms with Crippen LogP contribution >= 0.6 is 11.6 Å². The van der Waals surface area contributed by atoms with Gasteiger partial charge in [0.05, 0.1) is 34.4 Å². The van der Waals surface area contributed by atoms with E-state index in [0.29, 0.717) is 39.9 Å². The molecule has 0 amide bonds. The molecule has 1 aliphatic carbocycles. The summed E-state index contributed by atoms with van der Waals surface area (Å²) >= 11 is 6.05. The van der Waals surface area contributed by atoms with E-state index in [0.717, 1.165) is 37.1 Å². The Bertz CT molecular complexity index is 1840. The second-order valence-electron chi connectivity index (χ2n) is 10.5. The third-order valence-corrected chi connectivity index (χ3v) is 9.25. The highest BCUT2D eigenvalue weighted by molar-refractivity contribution is 7.92. The van der Waals surface area contributed by atoms with E-state index in [2.05, 4.69) is 25.0 Å². The van der Waals surface area contributed by atoms with E-state index in [1.165, 1.54) is 6.33 Å². The van der Waals surface area contributed by atoms with Gasteiger partial charge in [-0.2, -0.15) is 0 Å². The van der Waals surface area contributed by atoms with Crippen molar-refractivity contribution < 1.29 is 13.5 Å². The summed E-state index contributed by atoms with van der Waals surface area (Å²) in [5, 5.41) is 14.1. The molecule has 10 nitrogen and oxygen atoms in total. The molecule has 0 spiro atoms. The Hall–Kier alpha value is -4.19. The highest BCUT2D eigenvalue weighted by Crippen LogP contribution is 2.41. The number of benzene rings is 3. The summed E-state index contributed by atoms with van der Waals surface area (Å²) in [7, 11) is -3.87. The number of rotatable bonds is 9. The molecule has 0 atom stereocenters. The summed E-state index contributed by atoms with van der Waals surface area (Å²) in [6, 6.07) is 21.4. The maximum Gasteiger partial charge on any atom is 0.261 e. The van der Waals surface area contributed by atoms with Crippen LogP contribution in [0.25, 0.3) is 11.2 Å². The largest absolute Gasteiger partial charge is 0.393 e. The number of hydrogen-bond acceptors (Lipinski definition) is 8. The zero-order valence-corrected chi connectivity index (χ0v) is 25.1. The summed E-state index contributed by atoms with van der Waals surface area (Å²) < 4.78 is 31.0. The predicted molar refractivity (Wildman–Crippen MR) is 170 cm³/mol. The summed E-state index contributed by atoms with van der Waals surface area (Å²) in [4.78, 5) is 15.9. The normalized spacial score (nSPS) is 17.1. The predicted octanol–water partition coefficient (Wildman–Crippen LogP) is 6.49. The zero-order chi connectivity index (χ0) is 30.0. The Kier molecular flexibility index (Phi) is 8.20. The standard InChI is InChI=1S/C31H32ClN7O3S/c1-2-38-20-35-29-30(38)33-19-34-31(29)39(28-9-4-3-8-27(28)36-22-10-14-25(40)15-11-22)24-12-16-26(17-13-24)43(41,42)37-23-7-5-6-21(32)18-23/h3-9,12-13,16-20,22,25,36-37,40H,2,10-11,14-15H2,1H3. The quantitative estimate of drug-likeness (QED) is 0.171. The van der Waals surface area contributed by atoms with Crippen LogP contribution in [-0.4, -0.2) is 45.2 Å². The Balaban J connectivity index is 1.42. The minimum Gasteiger partial charge on any atom is -0.393 e. The molecule has 0 saturated heterocycles. The number of aryl methyl sites for hydroxylation is 1. The number of nitrogens with zero attached hydrogens (tertiary/aromatic N) is 5. The van der Waals surface area contributed by atoms with Crippen LogP contribution in [0.4, 0.5) is 28.6 Å². The number of anilines is 5. The fraction of sp³-hybridized carbons (Fsp3) is 0.258. The number of aliphatic hydroxyl groups is 1. The highest BCUT2D eigenvalue weighted by atomic mass is 35.5. The van der Waals surface area contributed by atoms with Crippen LogP contribution in [0.5, 0.6) is 0 Å². The molecule has 0 aliphatic heterocycles. The summed E-state index contributed by atoms with van der Waals surface area (Å²) in [5.41, 5.74) is 4.12. The smallest absolute Gasteiger partial charge is 0.261 e. The van der Waals surface area contributed by atoms with Crippen LogP contribution in [-0.2, 0) is 16.6 Å². The van der Waals surface area contributed by atoms with Crippen molar-refractivity contribution in [3.05, 3.63) is 90.5 Å². The van der Waals surface area contributed by atoms with E-state index >= 15 is 0 Å². The van der Waals surface area contributed by atoms with Gasteiger partial charge in [-0.1, -0.05) is 29.8 Å². The van der Waals surface area contributed by atoms with Gasteiger partial charge in [0.2, 0.25) is 0 Å². The number of nitrogens with one attached hydrogen (secondary N) is 2. The zero-order valence-electron chi connectivity index (χ0n) is 23.6. The Morgan fingerprint density at radius 2 is 1.74 bits per heavy atom. The first-order chi connectivity index (χ1) is 20.8. The van der Waals surface area contributed by atoms with Crippen molar-refractivity contribution in [1.29, 1.82) is 0 Å². The average molecular weight is 618 g/mol. The first-order valence-electron chi connectivity index (χ1n) is 14.2. The van der Waals surface area contributed by atoms with E-state index in [-0.39, 0.29) is 17.0 Å². The van der Waals surface area contributed by atoms with E-state index in [9.17, 15) is 13.5 Å². The monoisotopic (exact) mass is 617 g/mol. The Morgan fingerprint density at radius 1 is 0.977 bits per heavy atom. The molecule has 12 heteroatoms. The molecule has 0 radical (unpaired) electrons. The fourth-order valence-corrected chi connectivity index (χ4v) is 6.65.